The van der Waals surface area contributed by atoms with Gasteiger partial charge in [-0.25, -0.2) is 0 Å². The maximum Gasteiger partial charge on any atom is 0.220 e. The molecule has 0 aliphatic heterocycles. The van der Waals surface area contributed by atoms with Gasteiger partial charge < -0.3 is 23.8 Å². The minimum atomic E-state index is -0.158. The van der Waals surface area contributed by atoms with Crippen LogP contribution >= 0.6 is 24.0 Å². The molecule has 1 atom stereocenters. The van der Waals surface area contributed by atoms with Gasteiger partial charge in [-0.2, -0.15) is 0 Å². The number of rotatable bonds is 5. The Morgan fingerprint density at radius 1 is 0.897 bits per heavy atom. The van der Waals surface area contributed by atoms with Crippen LogP contribution < -0.4 is 24.4 Å². The Balaban J connectivity index is 0.00000300. The summed E-state index contributed by atoms with van der Waals surface area (Å²) in [7, 11) is 10.4. The van der Waals surface area contributed by atoms with E-state index >= 15 is 0 Å². The maximum absolute atomic E-state index is 12.4. The Kier molecular flexibility index (Phi) is 7.76. The van der Waals surface area contributed by atoms with Gasteiger partial charge in [0.05, 0.1) is 28.4 Å². The first-order valence-corrected chi connectivity index (χ1v) is 9.17. The van der Waals surface area contributed by atoms with Gasteiger partial charge in [-0.3, -0.25) is 4.79 Å². The molecule has 29 heavy (non-hydrogen) atoms. The van der Waals surface area contributed by atoms with E-state index in [0.717, 1.165) is 35.1 Å². The fourth-order valence-corrected chi connectivity index (χ4v) is 3.97. The van der Waals surface area contributed by atoms with E-state index in [1.54, 1.807) is 27.4 Å². The van der Waals surface area contributed by atoms with Gasteiger partial charge in [-0.05, 0) is 67.9 Å². The van der Waals surface area contributed by atoms with Crippen molar-refractivity contribution in [1.29, 1.82) is 0 Å². The number of hydrogen-bond acceptors (Lipinski definition) is 6. The monoisotopic (exact) mass is 513 g/mol. The van der Waals surface area contributed by atoms with Gasteiger partial charge in [-0.15, -0.1) is 24.0 Å². The quantitative estimate of drug-likeness (QED) is 0.566. The van der Waals surface area contributed by atoms with E-state index in [1.165, 1.54) is 7.11 Å². The van der Waals surface area contributed by atoms with E-state index in [9.17, 15) is 4.79 Å². The highest BCUT2D eigenvalue weighted by Crippen LogP contribution is 2.50. The molecule has 0 radical (unpaired) electrons. The minimum absolute atomic E-state index is 0. The summed E-state index contributed by atoms with van der Waals surface area (Å²) in [6.45, 7) is 0. The second-order valence-electron chi connectivity index (χ2n) is 6.98. The summed E-state index contributed by atoms with van der Waals surface area (Å²) in [6, 6.07) is 7.38. The van der Waals surface area contributed by atoms with Gasteiger partial charge in [0.2, 0.25) is 11.2 Å². The van der Waals surface area contributed by atoms with Gasteiger partial charge in [0.1, 0.15) is 0 Å². The second-order valence-corrected chi connectivity index (χ2v) is 6.98. The molecule has 3 rings (SSSR count). The zero-order valence-corrected chi connectivity index (χ0v) is 20.0. The number of benzene rings is 1. The van der Waals surface area contributed by atoms with Crippen molar-refractivity contribution in [2.24, 2.45) is 0 Å². The molecule has 158 valence electrons. The summed E-state index contributed by atoms with van der Waals surface area (Å²) in [5.74, 6) is 2.11. The van der Waals surface area contributed by atoms with E-state index in [4.69, 9.17) is 18.9 Å². The lowest BCUT2D eigenvalue weighted by atomic mass is 9.95. The van der Waals surface area contributed by atoms with Crippen molar-refractivity contribution >= 4 is 24.0 Å². The molecule has 0 heterocycles. The molecule has 0 saturated carbocycles. The number of hydrogen-bond donors (Lipinski definition) is 0. The van der Waals surface area contributed by atoms with Crippen molar-refractivity contribution in [2.75, 3.05) is 42.5 Å². The average molecular weight is 513 g/mol. The van der Waals surface area contributed by atoms with Crippen LogP contribution in [0.15, 0.2) is 29.1 Å². The number of fused-ring (bicyclic) bond motifs is 3. The summed E-state index contributed by atoms with van der Waals surface area (Å²) < 4.78 is 22.3. The normalized spacial score (nSPS) is 14.8. The first-order chi connectivity index (χ1) is 13.5. The maximum atomic E-state index is 12.4. The minimum Gasteiger partial charge on any atom is -0.493 e. The predicted octanol–water partition coefficient (Wildman–Crippen LogP) is 3.92. The molecule has 7 heteroatoms. The Morgan fingerprint density at radius 2 is 1.55 bits per heavy atom. The van der Waals surface area contributed by atoms with Crippen molar-refractivity contribution in [2.45, 2.75) is 18.9 Å². The average Bonchev–Trinajstić information content (AvgIpc) is 2.94. The number of nitrogens with zero attached hydrogens (tertiary/aromatic N) is 1. The lowest BCUT2D eigenvalue weighted by molar-refractivity contribution is 0.285. The topological polar surface area (TPSA) is 57.2 Å². The van der Waals surface area contributed by atoms with Crippen molar-refractivity contribution in [1.82, 2.24) is 4.90 Å². The lowest BCUT2D eigenvalue weighted by Crippen LogP contribution is -2.20. The van der Waals surface area contributed by atoms with Crippen LogP contribution in [-0.2, 0) is 6.42 Å². The molecule has 2 aromatic carbocycles. The second kappa shape index (κ2) is 9.67. The summed E-state index contributed by atoms with van der Waals surface area (Å²) >= 11 is 0. The predicted molar refractivity (Wildman–Crippen MR) is 125 cm³/mol. The van der Waals surface area contributed by atoms with Crippen LogP contribution in [-0.4, -0.2) is 47.4 Å². The molecule has 0 N–H and O–H groups in total. The molecule has 1 aliphatic rings. The Morgan fingerprint density at radius 3 is 2.10 bits per heavy atom. The molecule has 6 nitrogen and oxygen atoms in total. The van der Waals surface area contributed by atoms with Crippen LogP contribution in [0.4, 0.5) is 0 Å². The first-order valence-electron chi connectivity index (χ1n) is 9.17. The fraction of sp³-hybridized carbons (Fsp3) is 0.409. The van der Waals surface area contributed by atoms with E-state index < -0.39 is 0 Å². The van der Waals surface area contributed by atoms with Crippen LogP contribution in [0.25, 0.3) is 11.1 Å². The Hall–Kier alpha value is -2.00. The number of halogens is 1. The smallest absolute Gasteiger partial charge is 0.220 e. The third kappa shape index (κ3) is 4.16. The summed E-state index contributed by atoms with van der Waals surface area (Å²) in [5, 5.41) is 0. The van der Waals surface area contributed by atoms with Crippen molar-refractivity contribution in [3.8, 4) is 34.1 Å². The standard InChI is InChI=1S/C22H27NO5.HI/c1-23(2)16-9-7-13-11-19(26-4)21(27-5)22(28-6)20(13)14-8-10-17(24)18(25-3)12-15(14)16;/h8,10-12,16H,7,9H2,1-6H3;1H. The lowest BCUT2D eigenvalue weighted by Gasteiger charge is -2.24. The van der Waals surface area contributed by atoms with Gasteiger partial charge in [0.15, 0.2) is 17.2 Å². The van der Waals surface area contributed by atoms with Crippen molar-refractivity contribution < 1.29 is 18.9 Å². The SMILES string of the molecule is COc1cc2c(c(OC)c1OC)-c1ccc(=O)c(OC)cc1C(N(C)C)CC2.I. The molecular formula is C22H28INO5. The molecule has 1 unspecified atom stereocenters. The van der Waals surface area contributed by atoms with Crippen LogP contribution in [0.3, 0.4) is 0 Å². The highest BCUT2D eigenvalue weighted by atomic mass is 127. The first kappa shape index (κ1) is 23.3. The van der Waals surface area contributed by atoms with Crippen LogP contribution in [0.5, 0.6) is 23.0 Å². The highest BCUT2D eigenvalue weighted by Gasteiger charge is 2.29. The van der Waals surface area contributed by atoms with Gasteiger partial charge in [0, 0.05) is 11.6 Å². The zero-order chi connectivity index (χ0) is 20.4. The highest BCUT2D eigenvalue weighted by molar-refractivity contribution is 14.0. The fourth-order valence-electron chi connectivity index (χ4n) is 3.97. The van der Waals surface area contributed by atoms with E-state index in [0.29, 0.717) is 23.0 Å². The summed E-state index contributed by atoms with van der Waals surface area (Å²) in [5.41, 5.74) is 3.82. The van der Waals surface area contributed by atoms with Crippen LogP contribution in [0.1, 0.15) is 23.6 Å². The molecule has 1 aliphatic carbocycles. The number of ether oxygens (including phenoxy) is 4. The molecule has 2 aromatic rings. The molecule has 0 amide bonds. The zero-order valence-electron chi connectivity index (χ0n) is 17.7. The molecule has 0 aromatic heterocycles. The van der Waals surface area contributed by atoms with Crippen LogP contribution in [0, 0.1) is 0 Å². The Bertz CT molecular complexity index is 945. The van der Waals surface area contributed by atoms with E-state index in [-0.39, 0.29) is 35.4 Å². The van der Waals surface area contributed by atoms with Crippen LogP contribution in [0.2, 0.25) is 0 Å². The molecular weight excluding hydrogens is 485 g/mol. The van der Waals surface area contributed by atoms with Gasteiger partial charge in [-0.1, -0.05) is 0 Å². The molecule has 0 bridgehead atoms. The number of methoxy groups -OCH3 is 4. The third-order valence-corrected chi connectivity index (χ3v) is 5.31. The molecule has 0 saturated heterocycles. The van der Waals surface area contributed by atoms with Crippen molar-refractivity contribution in [3.05, 3.63) is 45.6 Å². The summed E-state index contributed by atoms with van der Waals surface area (Å²) in [4.78, 5) is 14.6. The number of aryl methyl sites for hydroxylation is 1. The van der Waals surface area contributed by atoms with Gasteiger partial charge in [0.25, 0.3) is 0 Å². The molecule has 0 fully saturated rings. The van der Waals surface area contributed by atoms with Crippen molar-refractivity contribution in [3.63, 3.8) is 0 Å². The molecule has 0 spiro atoms. The van der Waals surface area contributed by atoms with E-state index in [2.05, 4.69) is 4.90 Å². The summed E-state index contributed by atoms with van der Waals surface area (Å²) in [6.07, 6.45) is 1.72. The van der Waals surface area contributed by atoms with E-state index in [1.807, 2.05) is 32.3 Å². The third-order valence-electron chi connectivity index (χ3n) is 5.31. The van der Waals surface area contributed by atoms with Gasteiger partial charge >= 0.3 is 0 Å². The Labute approximate surface area is 188 Å². The largest absolute Gasteiger partial charge is 0.493 e.